The molecular formula is C24H20ClN3O5S2. The zero-order valence-electron chi connectivity index (χ0n) is 18.5. The Morgan fingerprint density at radius 2 is 1.91 bits per heavy atom. The number of amides is 1. The maximum Gasteiger partial charge on any atom is 0.308 e. The highest BCUT2D eigenvalue weighted by atomic mass is 35.5. The number of sulfonamides is 1. The van der Waals surface area contributed by atoms with Gasteiger partial charge in [0.15, 0.2) is 6.10 Å². The van der Waals surface area contributed by atoms with E-state index in [0.29, 0.717) is 17.3 Å². The van der Waals surface area contributed by atoms with Crippen LogP contribution in [-0.4, -0.2) is 31.5 Å². The van der Waals surface area contributed by atoms with E-state index >= 15 is 0 Å². The maximum absolute atomic E-state index is 13.5. The van der Waals surface area contributed by atoms with Gasteiger partial charge in [-0.2, -0.15) is 0 Å². The Hall–Kier alpha value is -3.34. The second-order valence-electron chi connectivity index (χ2n) is 7.85. The van der Waals surface area contributed by atoms with Crippen molar-refractivity contribution in [3.05, 3.63) is 81.4 Å². The van der Waals surface area contributed by atoms with Crippen molar-refractivity contribution >= 4 is 60.5 Å². The molecular weight excluding hydrogens is 510 g/mol. The van der Waals surface area contributed by atoms with Gasteiger partial charge in [-0.05, 0) is 55.5 Å². The molecule has 4 aromatic rings. The second kappa shape index (κ2) is 9.03. The molecule has 3 aromatic carbocycles. The molecule has 0 saturated heterocycles. The predicted octanol–water partition coefficient (Wildman–Crippen LogP) is 4.33. The highest BCUT2D eigenvalue weighted by molar-refractivity contribution is 7.92. The van der Waals surface area contributed by atoms with Crippen LogP contribution in [0.15, 0.2) is 76.4 Å². The van der Waals surface area contributed by atoms with Gasteiger partial charge in [-0.15, -0.1) is 0 Å². The van der Waals surface area contributed by atoms with Gasteiger partial charge in [-0.3, -0.25) is 18.5 Å². The van der Waals surface area contributed by atoms with Crippen molar-refractivity contribution in [3.8, 4) is 5.75 Å². The van der Waals surface area contributed by atoms with Gasteiger partial charge in [0.25, 0.3) is 15.9 Å². The third-order valence-electron chi connectivity index (χ3n) is 5.67. The van der Waals surface area contributed by atoms with Crippen LogP contribution in [0, 0.1) is 0 Å². The average molecular weight is 530 g/mol. The molecule has 1 N–H and O–H groups in total. The molecule has 0 fully saturated rings. The quantitative estimate of drug-likeness (QED) is 0.415. The Morgan fingerprint density at radius 1 is 1.14 bits per heavy atom. The lowest BCUT2D eigenvalue weighted by molar-refractivity contribution is -0.122. The molecule has 8 nitrogen and oxygen atoms in total. The Morgan fingerprint density at radius 3 is 2.66 bits per heavy atom. The number of ether oxygens (including phenoxy) is 1. The fraction of sp³-hybridized carbons (Fsp3) is 0.167. The third-order valence-corrected chi connectivity index (χ3v) is 8.64. The van der Waals surface area contributed by atoms with Gasteiger partial charge in [0.2, 0.25) is 0 Å². The highest BCUT2D eigenvalue weighted by Gasteiger charge is 2.37. The first-order chi connectivity index (χ1) is 16.8. The van der Waals surface area contributed by atoms with Gasteiger partial charge in [0, 0.05) is 17.3 Å². The van der Waals surface area contributed by atoms with Crippen molar-refractivity contribution in [2.75, 3.05) is 16.2 Å². The van der Waals surface area contributed by atoms with Crippen molar-refractivity contribution in [2.24, 2.45) is 0 Å². The number of fused-ring (bicyclic) bond motifs is 2. The number of carbonyl (C=O) groups is 1. The van der Waals surface area contributed by atoms with Crippen LogP contribution in [0.2, 0.25) is 5.02 Å². The van der Waals surface area contributed by atoms with E-state index in [9.17, 15) is 18.0 Å². The number of rotatable bonds is 5. The number of hydrogen-bond donors (Lipinski definition) is 1. The molecule has 0 spiro atoms. The summed E-state index contributed by atoms with van der Waals surface area (Å²) in [6, 6.07) is 17.8. The fourth-order valence-electron chi connectivity index (χ4n) is 3.97. The monoisotopic (exact) mass is 529 g/mol. The topological polar surface area (TPSA) is 97.7 Å². The molecule has 0 bridgehead atoms. The van der Waals surface area contributed by atoms with Crippen LogP contribution in [0.5, 0.6) is 5.75 Å². The maximum atomic E-state index is 13.5. The van der Waals surface area contributed by atoms with Gasteiger partial charge in [0.05, 0.1) is 27.3 Å². The molecule has 0 radical (unpaired) electrons. The number of thiazole rings is 1. The van der Waals surface area contributed by atoms with E-state index in [0.717, 1.165) is 25.9 Å². The zero-order valence-corrected chi connectivity index (χ0v) is 20.9. The van der Waals surface area contributed by atoms with Crippen LogP contribution in [0.1, 0.15) is 6.92 Å². The third kappa shape index (κ3) is 4.29. The van der Waals surface area contributed by atoms with E-state index in [1.807, 2.05) is 6.92 Å². The summed E-state index contributed by atoms with van der Waals surface area (Å²) in [5.74, 6) is -0.283. The lowest BCUT2D eigenvalue weighted by atomic mass is 10.2. The van der Waals surface area contributed by atoms with Crippen LogP contribution in [0.4, 0.5) is 11.4 Å². The second-order valence-corrected chi connectivity index (χ2v) is 11.1. The summed E-state index contributed by atoms with van der Waals surface area (Å²) >= 11 is 7.23. The van der Waals surface area contributed by atoms with Gasteiger partial charge in [-0.1, -0.05) is 41.1 Å². The molecule has 11 heteroatoms. The van der Waals surface area contributed by atoms with E-state index in [1.54, 1.807) is 53.1 Å². The smallest absolute Gasteiger partial charge is 0.308 e. The van der Waals surface area contributed by atoms with Crippen LogP contribution >= 0.6 is 22.9 Å². The first-order valence-corrected chi connectivity index (χ1v) is 13.4. The Bertz CT molecular complexity index is 1600. The lowest BCUT2D eigenvalue weighted by Gasteiger charge is -2.34. The van der Waals surface area contributed by atoms with Crippen molar-refractivity contribution in [1.82, 2.24) is 4.57 Å². The number of nitrogens with zero attached hydrogens (tertiary/aromatic N) is 2. The van der Waals surface area contributed by atoms with E-state index in [2.05, 4.69) is 5.32 Å². The number of carbonyl (C=O) groups excluding carboxylic acids is 1. The SMILES string of the molecule is CCn1c(=O)sc2cc(NC(=O)[C@@H]3CN(S(=O)(=O)c4ccccc4)c4cc(Cl)ccc4O3)ccc21. The number of anilines is 2. The minimum atomic E-state index is -3.99. The summed E-state index contributed by atoms with van der Waals surface area (Å²) in [7, 11) is -3.99. The summed E-state index contributed by atoms with van der Waals surface area (Å²) in [5.41, 5.74) is 1.54. The molecule has 1 aromatic heterocycles. The Kier molecular flexibility index (Phi) is 6.04. The van der Waals surface area contributed by atoms with E-state index in [1.165, 1.54) is 18.2 Å². The number of aromatic nitrogens is 1. The zero-order chi connectivity index (χ0) is 24.7. The average Bonchev–Trinajstić information content (AvgIpc) is 3.17. The molecule has 180 valence electrons. The van der Waals surface area contributed by atoms with Crippen LogP contribution in [-0.2, 0) is 21.4 Å². The largest absolute Gasteiger partial charge is 0.476 e. The standard InChI is InChI=1S/C24H20ClN3O5S2/c1-2-27-18-10-9-16(13-22(18)34-24(27)30)26-23(29)21-14-28(19-12-15(25)8-11-20(19)33-21)35(31,32)17-6-4-3-5-7-17/h3-13,21H,2,14H2,1H3,(H,26,29)/t21-/m0/s1. The summed E-state index contributed by atoms with van der Waals surface area (Å²) in [4.78, 5) is 25.3. The minimum Gasteiger partial charge on any atom is -0.476 e. The van der Waals surface area contributed by atoms with E-state index < -0.39 is 22.0 Å². The van der Waals surface area contributed by atoms with E-state index in [4.69, 9.17) is 16.3 Å². The Balaban J connectivity index is 1.47. The molecule has 0 unspecified atom stereocenters. The minimum absolute atomic E-state index is 0.0707. The van der Waals surface area contributed by atoms with Crippen LogP contribution in [0.3, 0.4) is 0 Å². The molecule has 5 rings (SSSR count). The van der Waals surface area contributed by atoms with Crippen LogP contribution in [0.25, 0.3) is 10.2 Å². The molecule has 2 heterocycles. The van der Waals surface area contributed by atoms with Gasteiger partial charge < -0.3 is 10.1 Å². The summed E-state index contributed by atoms with van der Waals surface area (Å²) in [6.45, 7) is 2.21. The van der Waals surface area contributed by atoms with Gasteiger partial charge in [0.1, 0.15) is 5.75 Å². The van der Waals surface area contributed by atoms with E-state index in [-0.39, 0.29) is 27.8 Å². The van der Waals surface area contributed by atoms with Gasteiger partial charge >= 0.3 is 4.87 Å². The number of benzene rings is 3. The van der Waals surface area contributed by atoms with Gasteiger partial charge in [-0.25, -0.2) is 8.42 Å². The molecule has 1 aliphatic heterocycles. The number of aryl methyl sites for hydroxylation is 1. The Labute approximate surface area is 210 Å². The molecule has 1 aliphatic rings. The van der Waals surface area contributed by atoms with Crippen molar-refractivity contribution in [3.63, 3.8) is 0 Å². The molecule has 1 atom stereocenters. The number of nitrogens with one attached hydrogen (secondary N) is 1. The number of halogens is 1. The molecule has 1 amide bonds. The fourth-order valence-corrected chi connectivity index (χ4v) is 6.62. The van der Waals surface area contributed by atoms with Crippen molar-refractivity contribution in [1.29, 1.82) is 0 Å². The lowest BCUT2D eigenvalue weighted by Crippen LogP contribution is -2.48. The summed E-state index contributed by atoms with van der Waals surface area (Å²) < 4.78 is 36.4. The highest BCUT2D eigenvalue weighted by Crippen LogP contribution is 2.39. The molecule has 0 saturated carbocycles. The summed E-state index contributed by atoms with van der Waals surface area (Å²) in [6.07, 6.45) is -1.11. The predicted molar refractivity (Wildman–Crippen MR) is 137 cm³/mol. The normalized spacial score (nSPS) is 15.5. The van der Waals surface area contributed by atoms with Crippen molar-refractivity contribution < 1.29 is 17.9 Å². The summed E-state index contributed by atoms with van der Waals surface area (Å²) in [5, 5.41) is 3.13. The van der Waals surface area contributed by atoms with Crippen LogP contribution < -0.4 is 19.2 Å². The first-order valence-electron chi connectivity index (χ1n) is 10.8. The molecule has 0 aliphatic carbocycles. The van der Waals surface area contributed by atoms with Crippen molar-refractivity contribution in [2.45, 2.75) is 24.5 Å². The first kappa shape index (κ1) is 23.4. The number of hydrogen-bond acceptors (Lipinski definition) is 6. The molecule has 35 heavy (non-hydrogen) atoms.